The Kier molecular flexibility index (Phi) is 3.72. The van der Waals surface area contributed by atoms with Crippen LogP contribution in [0.4, 0.5) is 0 Å². The third-order valence-electron chi connectivity index (χ3n) is 1.53. The minimum Gasteiger partial charge on any atom is -0.298 e. The van der Waals surface area contributed by atoms with Crippen LogP contribution in [-0.4, -0.2) is 6.29 Å². The number of nitrogens with zero attached hydrogens (tertiary/aromatic N) is 1. The number of aldehydes is 1. The van der Waals surface area contributed by atoms with Crippen LogP contribution < -0.4 is 0 Å². The molecule has 0 amide bonds. The molecule has 62 valence electrons. The number of hydrogen-bond acceptors (Lipinski definition) is 2. The predicted molar refractivity (Wildman–Crippen MR) is 48.0 cm³/mol. The number of benzene rings is 1. The average Bonchev–Trinajstić information content (AvgIpc) is 2.04. The first-order valence-corrected chi connectivity index (χ1v) is 3.24. The van der Waals surface area contributed by atoms with Crippen molar-refractivity contribution in [3.63, 3.8) is 0 Å². The summed E-state index contributed by atoms with van der Waals surface area (Å²) in [6.45, 7) is 1.81. The van der Waals surface area contributed by atoms with Gasteiger partial charge in [-0.15, -0.1) is 0 Å². The Morgan fingerprint density at radius 1 is 1.50 bits per heavy atom. The third kappa shape index (κ3) is 1.93. The summed E-state index contributed by atoms with van der Waals surface area (Å²) in [5.74, 6) is 0. The molecule has 0 aromatic heterocycles. The summed E-state index contributed by atoms with van der Waals surface area (Å²) in [5.41, 5.74) is 2.08. The monoisotopic (exact) mass is 161 g/mol. The molecule has 0 radical (unpaired) electrons. The highest BCUT2D eigenvalue weighted by molar-refractivity contribution is 5.77. The Labute approximate surface area is 72.5 Å². The first kappa shape index (κ1) is 10.4. The molecule has 1 rings (SSSR count). The van der Waals surface area contributed by atoms with Gasteiger partial charge in [-0.05, 0) is 24.6 Å². The van der Waals surface area contributed by atoms with Crippen molar-refractivity contribution in [3.05, 3.63) is 34.9 Å². The van der Waals surface area contributed by atoms with Gasteiger partial charge in [-0.3, -0.25) is 4.79 Å². The zero-order chi connectivity index (χ0) is 8.27. The molecular weight excluding hydrogens is 150 g/mol. The molecule has 0 atom stereocenters. The van der Waals surface area contributed by atoms with E-state index >= 15 is 0 Å². The van der Waals surface area contributed by atoms with Crippen molar-refractivity contribution in [1.29, 1.82) is 5.26 Å². The summed E-state index contributed by atoms with van der Waals surface area (Å²) in [7, 11) is 0. The SMILES string of the molecule is C.Cc1cc(C#N)ccc1C=O. The third-order valence-corrected chi connectivity index (χ3v) is 1.53. The lowest BCUT2D eigenvalue weighted by atomic mass is 10.1. The maximum atomic E-state index is 10.3. The van der Waals surface area contributed by atoms with Crippen LogP contribution in [0.3, 0.4) is 0 Å². The van der Waals surface area contributed by atoms with Crippen LogP contribution in [0.15, 0.2) is 18.2 Å². The van der Waals surface area contributed by atoms with E-state index in [2.05, 4.69) is 0 Å². The van der Waals surface area contributed by atoms with E-state index in [9.17, 15) is 4.79 Å². The van der Waals surface area contributed by atoms with Gasteiger partial charge in [0.2, 0.25) is 0 Å². The standard InChI is InChI=1S/C9H7NO.CH4/c1-7-4-8(5-10)2-3-9(7)6-11;/h2-4,6H,1H3;1H4. The lowest BCUT2D eigenvalue weighted by molar-refractivity contribution is 0.112. The van der Waals surface area contributed by atoms with E-state index in [1.165, 1.54) is 0 Å². The summed E-state index contributed by atoms with van der Waals surface area (Å²) in [4.78, 5) is 10.3. The van der Waals surface area contributed by atoms with Gasteiger partial charge in [-0.2, -0.15) is 5.26 Å². The van der Waals surface area contributed by atoms with Crippen molar-refractivity contribution in [2.75, 3.05) is 0 Å². The Balaban J connectivity index is 0.00000121. The van der Waals surface area contributed by atoms with E-state index in [1.54, 1.807) is 18.2 Å². The second-order valence-corrected chi connectivity index (χ2v) is 2.30. The van der Waals surface area contributed by atoms with Crippen LogP contribution in [0.2, 0.25) is 0 Å². The summed E-state index contributed by atoms with van der Waals surface area (Å²) in [6, 6.07) is 6.99. The quantitative estimate of drug-likeness (QED) is 0.593. The topological polar surface area (TPSA) is 40.9 Å². The summed E-state index contributed by atoms with van der Waals surface area (Å²) in [5, 5.41) is 8.49. The highest BCUT2D eigenvalue weighted by Gasteiger charge is 1.96. The molecule has 0 heterocycles. The fraction of sp³-hybridized carbons (Fsp3) is 0.200. The average molecular weight is 161 g/mol. The molecule has 0 aliphatic heterocycles. The maximum absolute atomic E-state index is 10.3. The normalized spacial score (nSPS) is 8.00. The van der Waals surface area contributed by atoms with E-state index in [-0.39, 0.29) is 7.43 Å². The highest BCUT2D eigenvalue weighted by Crippen LogP contribution is 2.07. The smallest absolute Gasteiger partial charge is 0.150 e. The fourth-order valence-electron chi connectivity index (χ4n) is 0.877. The van der Waals surface area contributed by atoms with Gasteiger partial charge in [-0.1, -0.05) is 13.5 Å². The molecule has 0 bridgehead atoms. The first-order chi connectivity index (χ1) is 5.27. The summed E-state index contributed by atoms with van der Waals surface area (Å²) < 4.78 is 0. The van der Waals surface area contributed by atoms with Crippen molar-refractivity contribution < 1.29 is 4.79 Å². The van der Waals surface area contributed by atoms with Crippen molar-refractivity contribution in [2.45, 2.75) is 14.4 Å². The molecular formula is C10H11NO. The zero-order valence-corrected chi connectivity index (χ0v) is 6.16. The molecule has 1 aromatic carbocycles. The Bertz CT molecular complexity index is 323. The van der Waals surface area contributed by atoms with Gasteiger partial charge in [0.25, 0.3) is 0 Å². The lowest BCUT2D eigenvalue weighted by Gasteiger charge is -1.95. The molecule has 0 N–H and O–H groups in total. The molecule has 0 aliphatic carbocycles. The van der Waals surface area contributed by atoms with E-state index in [1.807, 2.05) is 13.0 Å². The Hall–Kier alpha value is -1.62. The van der Waals surface area contributed by atoms with Crippen LogP contribution in [0.5, 0.6) is 0 Å². The van der Waals surface area contributed by atoms with E-state index in [0.29, 0.717) is 11.1 Å². The molecule has 0 fully saturated rings. The molecule has 0 saturated heterocycles. The molecule has 2 heteroatoms. The zero-order valence-electron chi connectivity index (χ0n) is 6.16. The van der Waals surface area contributed by atoms with Crippen molar-refractivity contribution in [1.82, 2.24) is 0 Å². The number of nitriles is 1. The number of rotatable bonds is 1. The minimum atomic E-state index is 0. The van der Waals surface area contributed by atoms with Crippen LogP contribution in [0.25, 0.3) is 0 Å². The van der Waals surface area contributed by atoms with Crippen molar-refractivity contribution >= 4 is 6.29 Å². The second kappa shape index (κ2) is 4.30. The van der Waals surface area contributed by atoms with Crippen LogP contribution in [0.1, 0.15) is 28.9 Å². The van der Waals surface area contributed by atoms with Crippen molar-refractivity contribution in [2.24, 2.45) is 0 Å². The van der Waals surface area contributed by atoms with Crippen molar-refractivity contribution in [3.8, 4) is 6.07 Å². The van der Waals surface area contributed by atoms with E-state index in [0.717, 1.165) is 11.8 Å². The van der Waals surface area contributed by atoms with E-state index < -0.39 is 0 Å². The molecule has 0 spiro atoms. The summed E-state index contributed by atoms with van der Waals surface area (Å²) >= 11 is 0. The van der Waals surface area contributed by atoms with Crippen LogP contribution >= 0.6 is 0 Å². The van der Waals surface area contributed by atoms with Gasteiger partial charge in [0, 0.05) is 5.56 Å². The van der Waals surface area contributed by atoms with Gasteiger partial charge in [0.05, 0.1) is 11.6 Å². The van der Waals surface area contributed by atoms with Crippen LogP contribution in [-0.2, 0) is 0 Å². The van der Waals surface area contributed by atoms with Crippen LogP contribution in [0, 0.1) is 18.3 Å². The van der Waals surface area contributed by atoms with E-state index in [4.69, 9.17) is 5.26 Å². The second-order valence-electron chi connectivity index (χ2n) is 2.30. The Morgan fingerprint density at radius 2 is 2.17 bits per heavy atom. The van der Waals surface area contributed by atoms with Gasteiger partial charge >= 0.3 is 0 Å². The largest absolute Gasteiger partial charge is 0.298 e. The lowest BCUT2D eigenvalue weighted by Crippen LogP contribution is -1.86. The predicted octanol–water partition coefficient (Wildman–Crippen LogP) is 2.32. The number of carbonyl (C=O) groups is 1. The van der Waals surface area contributed by atoms with Gasteiger partial charge < -0.3 is 0 Å². The van der Waals surface area contributed by atoms with Gasteiger partial charge in [0.15, 0.2) is 0 Å². The number of aryl methyl sites for hydroxylation is 1. The molecule has 0 unspecified atom stereocenters. The molecule has 0 aliphatic rings. The van der Waals surface area contributed by atoms with Gasteiger partial charge in [-0.25, -0.2) is 0 Å². The molecule has 0 saturated carbocycles. The summed E-state index contributed by atoms with van der Waals surface area (Å²) in [6.07, 6.45) is 0.788. The minimum absolute atomic E-state index is 0. The number of hydrogen-bond donors (Lipinski definition) is 0. The molecule has 1 aromatic rings. The highest BCUT2D eigenvalue weighted by atomic mass is 16.1. The molecule has 12 heavy (non-hydrogen) atoms. The maximum Gasteiger partial charge on any atom is 0.150 e. The first-order valence-electron chi connectivity index (χ1n) is 3.24. The van der Waals surface area contributed by atoms with Gasteiger partial charge in [0.1, 0.15) is 6.29 Å². The Morgan fingerprint density at radius 3 is 2.58 bits per heavy atom. The fourth-order valence-corrected chi connectivity index (χ4v) is 0.877. The molecule has 2 nitrogen and oxygen atoms in total. The number of carbonyl (C=O) groups excluding carboxylic acids is 1.